The molecule has 0 spiro atoms. The van der Waals surface area contributed by atoms with Crippen molar-refractivity contribution in [2.75, 3.05) is 7.11 Å². The fraction of sp³-hybridized carbons (Fsp3) is 0.407. The molecular formula is C27H30O5. The zero-order valence-electron chi connectivity index (χ0n) is 19.1. The lowest BCUT2D eigenvalue weighted by atomic mass is 9.77. The molecule has 0 radical (unpaired) electrons. The summed E-state index contributed by atoms with van der Waals surface area (Å²) in [5.74, 6) is 0.143. The summed E-state index contributed by atoms with van der Waals surface area (Å²) in [7, 11) is 1.59. The van der Waals surface area contributed by atoms with E-state index < -0.39 is 0 Å². The van der Waals surface area contributed by atoms with Crippen molar-refractivity contribution in [3.8, 4) is 5.75 Å². The fourth-order valence-corrected chi connectivity index (χ4v) is 4.45. The molecule has 0 bridgehead atoms. The van der Waals surface area contributed by atoms with Crippen molar-refractivity contribution in [2.24, 2.45) is 5.92 Å². The molecule has 3 atom stereocenters. The number of methoxy groups -OCH3 is 1. The first-order chi connectivity index (χ1) is 15.3. The number of ether oxygens (including phenoxy) is 3. The van der Waals surface area contributed by atoms with Gasteiger partial charge in [-0.25, -0.2) is 4.79 Å². The highest BCUT2D eigenvalue weighted by Crippen LogP contribution is 2.39. The van der Waals surface area contributed by atoms with Gasteiger partial charge in [0.15, 0.2) is 5.78 Å². The predicted octanol–water partition coefficient (Wildman–Crippen LogP) is 5.33. The smallest absolute Gasteiger partial charge is 0.338 e. The number of ketones is 1. The number of esters is 1. The molecule has 2 aromatic rings. The Morgan fingerprint density at radius 3 is 2.44 bits per heavy atom. The molecule has 1 aliphatic carbocycles. The van der Waals surface area contributed by atoms with Crippen LogP contribution in [0.25, 0.3) is 5.57 Å². The maximum absolute atomic E-state index is 13.2. The van der Waals surface area contributed by atoms with Crippen molar-refractivity contribution < 1.29 is 23.8 Å². The minimum atomic E-state index is -0.332. The summed E-state index contributed by atoms with van der Waals surface area (Å²) in [4.78, 5) is 25.8. The second-order valence-electron chi connectivity index (χ2n) is 9.54. The van der Waals surface area contributed by atoms with E-state index in [1.54, 1.807) is 7.11 Å². The number of carbonyl (C=O) groups excluding carboxylic acids is 2. The molecule has 32 heavy (non-hydrogen) atoms. The lowest BCUT2D eigenvalue weighted by molar-refractivity contribution is -0.126. The van der Waals surface area contributed by atoms with Gasteiger partial charge in [0, 0.05) is 12.0 Å². The van der Waals surface area contributed by atoms with E-state index in [9.17, 15) is 9.59 Å². The predicted molar refractivity (Wildman–Crippen MR) is 123 cm³/mol. The molecule has 1 fully saturated rings. The zero-order valence-corrected chi connectivity index (χ0v) is 19.1. The first-order valence-electron chi connectivity index (χ1n) is 11.1. The monoisotopic (exact) mass is 434 g/mol. The van der Waals surface area contributed by atoms with Gasteiger partial charge in [-0.1, -0.05) is 51.1 Å². The summed E-state index contributed by atoms with van der Waals surface area (Å²) in [6.45, 7) is 6.41. The molecule has 1 aliphatic heterocycles. The number of Topliss-reactive ketones (excluding diaryl/α,β-unsaturated/α-hetero) is 1. The van der Waals surface area contributed by atoms with Crippen molar-refractivity contribution in [1.82, 2.24) is 0 Å². The molecule has 2 aromatic carbocycles. The van der Waals surface area contributed by atoms with Crippen molar-refractivity contribution in [3.05, 3.63) is 71.5 Å². The van der Waals surface area contributed by atoms with Crippen LogP contribution in [-0.4, -0.2) is 31.1 Å². The Kier molecular flexibility index (Phi) is 6.09. The lowest BCUT2D eigenvalue weighted by Crippen LogP contribution is -2.42. The van der Waals surface area contributed by atoms with Gasteiger partial charge in [0.2, 0.25) is 0 Å². The first kappa shape index (κ1) is 22.1. The van der Waals surface area contributed by atoms with Crippen LogP contribution in [0, 0.1) is 5.92 Å². The molecule has 1 heterocycles. The number of carbonyl (C=O) groups is 2. The minimum absolute atomic E-state index is 0.0296. The van der Waals surface area contributed by atoms with Crippen molar-refractivity contribution >= 4 is 17.3 Å². The molecule has 168 valence electrons. The van der Waals surface area contributed by atoms with E-state index in [-0.39, 0.29) is 35.3 Å². The second kappa shape index (κ2) is 8.81. The van der Waals surface area contributed by atoms with Gasteiger partial charge >= 0.3 is 5.97 Å². The Labute approximate surface area is 189 Å². The van der Waals surface area contributed by atoms with Gasteiger partial charge in [-0.05, 0) is 42.0 Å². The van der Waals surface area contributed by atoms with Crippen LogP contribution in [0.3, 0.4) is 0 Å². The summed E-state index contributed by atoms with van der Waals surface area (Å²) in [5.41, 5.74) is 3.02. The standard InChI is InChI=1S/C27H30O5/c1-27(2,3)18-11-9-17(10-12-18)26(29)32-19-13-14-21-24(15-19)31-16-22(25(21)28)20-7-5-6-8-23(20)30-4/h5-12,16,19,21,24H,13-15H2,1-4H3. The van der Waals surface area contributed by atoms with Crippen LogP contribution in [0.1, 0.15) is 61.5 Å². The van der Waals surface area contributed by atoms with E-state index in [4.69, 9.17) is 14.2 Å². The zero-order chi connectivity index (χ0) is 22.9. The van der Waals surface area contributed by atoms with Gasteiger partial charge in [0.25, 0.3) is 0 Å². The van der Waals surface area contributed by atoms with Gasteiger partial charge in [-0.2, -0.15) is 0 Å². The SMILES string of the molecule is COc1ccccc1C1=COC2CC(OC(=O)c3ccc(C(C)(C)C)cc3)CCC2C1=O. The molecule has 0 saturated heterocycles. The molecule has 3 unspecified atom stereocenters. The highest BCUT2D eigenvalue weighted by atomic mass is 16.5. The molecule has 1 saturated carbocycles. The van der Waals surface area contributed by atoms with E-state index in [1.165, 1.54) is 11.8 Å². The summed E-state index contributed by atoms with van der Waals surface area (Å²) in [6, 6.07) is 15.0. The topological polar surface area (TPSA) is 61.8 Å². The number of hydrogen-bond acceptors (Lipinski definition) is 5. The quantitative estimate of drug-likeness (QED) is 0.609. The molecule has 0 amide bonds. The molecule has 2 aliphatic rings. The number of para-hydroxylation sites is 1. The summed E-state index contributed by atoms with van der Waals surface area (Å²) < 4.78 is 17.1. The van der Waals surface area contributed by atoms with E-state index in [1.807, 2.05) is 48.5 Å². The van der Waals surface area contributed by atoms with Crippen LogP contribution in [0.2, 0.25) is 0 Å². The minimum Gasteiger partial charge on any atom is -0.496 e. The van der Waals surface area contributed by atoms with Crippen LogP contribution in [0.15, 0.2) is 54.8 Å². The molecule has 0 N–H and O–H groups in total. The average molecular weight is 435 g/mol. The third-order valence-electron chi connectivity index (χ3n) is 6.36. The molecular weight excluding hydrogens is 404 g/mol. The number of fused-ring (bicyclic) bond motifs is 1. The lowest BCUT2D eigenvalue weighted by Gasteiger charge is -2.37. The average Bonchev–Trinajstić information content (AvgIpc) is 2.79. The maximum Gasteiger partial charge on any atom is 0.338 e. The Morgan fingerprint density at radius 2 is 1.75 bits per heavy atom. The number of rotatable bonds is 4. The van der Waals surface area contributed by atoms with Gasteiger partial charge in [0.1, 0.15) is 18.0 Å². The number of hydrogen-bond donors (Lipinski definition) is 0. The summed E-state index contributed by atoms with van der Waals surface area (Å²) in [6.07, 6.45) is 2.77. The maximum atomic E-state index is 13.2. The Hall–Kier alpha value is -3.08. The second-order valence-corrected chi connectivity index (χ2v) is 9.54. The molecule has 4 rings (SSSR count). The third-order valence-corrected chi connectivity index (χ3v) is 6.36. The van der Waals surface area contributed by atoms with Gasteiger partial charge in [0.05, 0.1) is 30.4 Å². The number of benzene rings is 2. The highest BCUT2D eigenvalue weighted by molar-refractivity contribution is 6.22. The fourth-order valence-electron chi connectivity index (χ4n) is 4.45. The van der Waals surface area contributed by atoms with Crippen molar-refractivity contribution in [3.63, 3.8) is 0 Å². The van der Waals surface area contributed by atoms with Crippen LogP contribution in [0.4, 0.5) is 0 Å². The largest absolute Gasteiger partial charge is 0.496 e. The summed E-state index contributed by atoms with van der Waals surface area (Å²) >= 11 is 0. The molecule has 0 aromatic heterocycles. The van der Waals surface area contributed by atoms with Crippen LogP contribution >= 0.6 is 0 Å². The Balaban J connectivity index is 1.42. The Morgan fingerprint density at radius 1 is 1.03 bits per heavy atom. The van der Waals surface area contributed by atoms with E-state index in [0.29, 0.717) is 36.1 Å². The van der Waals surface area contributed by atoms with Crippen LogP contribution in [0.5, 0.6) is 5.75 Å². The van der Waals surface area contributed by atoms with Crippen molar-refractivity contribution in [1.29, 1.82) is 0 Å². The van der Waals surface area contributed by atoms with Gasteiger partial charge < -0.3 is 14.2 Å². The summed E-state index contributed by atoms with van der Waals surface area (Å²) in [5, 5.41) is 0. The van der Waals surface area contributed by atoms with Crippen LogP contribution < -0.4 is 4.74 Å². The number of allylic oxidation sites excluding steroid dienone is 1. The van der Waals surface area contributed by atoms with Gasteiger partial charge in [-0.15, -0.1) is 0 Å². The first-order valence-corrected chi connectivity index (χ1v) is 11.1. The van der Waals surface area contributed by atoms with E-state index >= 15 is 0 Å². The van der Waals surface area contributed by atoms with E-state index in [2.05, 4.69) is 20.8 Å². The van der Waals surface area contributed by atoms with Crippen molar-refractivity contribution in [2.45, 2.75) is 57.7 Å². The molecule has 5 heteroatoms. The third kappa shape index (κ3) is 4.43. The van der Waals surface area contributed by atoms with E-state index in [0.717, 1.165) is 5.56 Å². The Bertz CT molecular complexity index is 1030. The highest BCUT2D eigenvalue weighted by Gasteiger charge is 2.42. The van der Waals surface area contributed by atoms with Gasteiger partial charge in [-0.3, -0.25) is 4.79 Å². The van der Waals surface area contributed by atoms with Crippen LogP contribution in [-0.2, 0) is 19.7 Å². The normalized spacial score (nSPS) is 22.9. The molecule has 5 nitrogen and oxygen atoms in total.